The van der Waals surface area contributed by atoms with Crippen molar-refractivity contribution in [3.05, 3.63) is 39.4 Å². The van der Waals surface area contributed by atoms with Gasteiger partial charge in [0.05, 0.1) is 16.9 Å². The molecule has 0 unspecified atom stereocenters. The number of carbonyl (C=O) groups is 4. The van der Waals surface area contributed by atoms with Crippen molar-refractivity contribution in [2.45, 2.75) is 39.2 Å². The van der Waals surface area contributed by atoms with E-state index in [1.807, 2.05) is 13.8 Å². The summed E-state index contributed by atoms with van der Waals surface area (Å²) in [4.78, 5) is 59.3. The molecule has 150 valence electrons. The number of fused-ring (bicyclic) bond motifs is 1. The average Bonchev–Trinajstić information content (AvgIpc) is 2.89. The van der Waals surface area contributed by atoms with Crippen LogP contribution in [0.1, 0.15) is 53.8 Å². The molecule has 0 spiro atoms. The lowest BCUT2D eigenvalue weighted by atomic mass is 10.1. The van der Waals surface area contributed by atoms with Crippen molar-refractivity contribution >= 4 is 29.4 Å². The standard InChI is InChI=1S/C18H21N3O7/c1-3-5-11(2)19-14(22)10-28-15(23)8-9-20-17(24)12-6-4-7-13(21(26)27)16(12)18(20)25/h4,6-7,11H,3,5,8-10H2,1-2H3,(H,19,22)/t11-/m1/s1. The second-order valence-electron chi connectivity index (χ2n) is 6.39. The van der Waals surface area contributed by atoms with Gasteiger partial charge in [0.1, 0.15) is 5.56 Å². The summed E-state index contributed by atoms with van der Waals surface area (Å²) in [6, 6.07) is 3.74. The molecule has 28 heavy (non-hydrogen) atoms. The van der Waals surface area contributed by atoms with Gasteiger partial charge < -0.3 is 10.1 Å². The third kappa shape index (κ3) is 4.70. The van der Waals surface area contributed by atoms with Crippen molar-refractivity contribution in [1.29, 1.82) is 0 Å². The van der Waals surface area contributed by atoms with Crippen LogP contribution in [-0.4, -0.2) is 52.7 Å². The number of ether oxygens (including phenoxy) is 1. The molecule has 0 aliphatic carbocycles. The van der Waals surface area contributed by atoms with Crippen LogP contribution >= 0.6 is 0 Å². The first-order valence-electron chi connectivity index (χ1n) is 8.84. The van der Waals surface area contributed by atoms with Gasteiger partial charge in [0.2, 0.25) is 0 Å². The highest BCUT2D eigenvalue weighted by atomic mass is 16.6. The van der Waals surface area contributed by atoms with Crippen molar-refractivity contribution < 1.29 is 28.8 Å². The second-order valence-corrected chi connectivity index (χ2v) is 6.39. The summed E-state index contributed by atoms with van der Waals surface area (Å²) in [7, 11) is 0. The zero-order valence-electron chi connectivity index (χ0n) is 15.6. The maximum Gasteiger partial charge on any atom is 0.308 e. The van der Waals surface area contributed by atoms with Crippen molar-refractivity contribution in [2.75, 3.05) is 13.2 Å². The summed E-state index contributed by atoms with van der Waals surface area (Å²) in [6.45, 7) is 3.07. The van der Waals surface area contributed by atoms with E-state index in [1.54, 1.807) is 0 Å². The Bertz CT molecular complexity index is 821. The number of rotatable bonds is 9. The van der Waals surface area contributed by atoms with Crippen LogP contribution in [0.25, 0.3) is 0 Å². The van der Waals surface area contributed by atoms with Gasteiger partial charge in [-0.25, -0.2) is 0 Å². The van der Waals surface area contributed by atoms with E-state index in [2.05, 4.69) is 5.32 Å². The predicted molar refractivity (Wildman–Crippen MR) is 96.6 cm³/mol. The fraction of sp³-hybridized carbons (Fsp3) is 0.444. The highest BCUT2D eigenvalue weighted by molar-refractivity contribution is 6.23. The van der Waals surface area contributed by atoms with Gasteiger partial charge in [0.15, 0.2) is 6.61 Å². The van der Waals surface area contributed by atoms with Gasteiger partial charge in [0, 0.05) is 18.7 Å². The van der Waals surface area contributed by atoms with Crippen molar-refractivity contribution in [1.82, 2.24) is 10.2 Å². The number of amides is 3. The van der Waals surface area contributed by atoms with Crippen LogP contribution in [0.5, 0.6) is 0 Å². The molecule has 1 aromatic carbocycles. The first-order chi connectivity index (χ1) is 13.3. The smallest absolute Gasteiger partial charge is 0.308 e. The summed E-state index contributed by atoms with van der Waals surface area (Å²) in [5.41, 5.74) is -0.814. The molecule has 0 bridgehead atoms. The van der Waals surface area contributed by atoms with Crippen LogP contribution in [-0.2, 0) is 14.3 Å². The fourth-order valence-electron chi connectivity index (χ4n) is 2.91. The maximum absolute atomic E-state index is 12.4. The largest absolute Gasteiger partial charge is 0.456 e. The molecule has 1 N–H and O–H groups in total. The highest BCUT2D eigenvalue weighted by Crippen LogP contribution is 2.30. The Morgan fingerprint density at radius 1 is 1.29 bits per heavy atom. The molecule has 0 saturated heterocycles. The Hall–Kier alpha value is -3.30. The minimum atomic E-state index is -0.828. The van der Waals surface area contributed by atoms with Gasteiger partial charge in [-0.2, -0.15) is 0 Å². The summed E-state index contributed by atoms with van der Waals surface area (Å²) >= 11 is 0. The number of nitrogens with zero attached hydrogens (tertiary/aromatic N) is 2. The molecule has 10 heteroatoms. The number of nitrogens with one attached hydrogen (secondary N) is 1. The van der Waals surface area contributed by atoms with Gasteiger partial charge in [-0.1, -0.05) is 19.4 Å². The molecule has 3 amide bonds. The molecular weight excluding hydrogens is 370 g/mol. The lowest BCUT2D eigenvalue weighted by molar-refractivity contribution is -0.385. The van der Waals surface area contributed by atoms with Gasteiger partial charge in [-0.15, -0.1) is 0 Å². The summed E-state index contributed by atoms with van der Waals surface area (Å²) < 4.78 is 4.84. The quantitative estimate of drug-likeness (QED) is 0.291. The van der Waals surface area contributed by atoms with Crippen molar-refractivity contribution in [2.24, 2.45) is 0 Å². The molecule has 1 atom stereocenters. The maximum atomic E-state index is 12.4. The third-order valence-electron chi connectivity index (χ3n) is 4.21. The van der Waals surface area contributed by atoms with Gasteiger partial charge in [0.25, 0.3) is 23.4 Å². The van der Waals surface area contributed by atoms with E-state index in [4.69, 9.17) is 4.74 Å². The second kappa shape index (κ2) is 9.07. The van der Waals surface area contributed by atoms with Crippen LogP contribution in [0.3, 0.4) is 0 Å². The molecule has 1 aromatic rings. The number of carbonyl (C=O) groups excluding carboxylic acids is 4. The third-order valence-corrected chi connectivity index (χ3v) is 4.21. The molecule has 1 aliphatic rings. The lowest BCUT2D eigenvalue weighted by Gasteiger charge is -2.14. The summed E-state index contributed by atoms with van der Waals surface area (Å²) in [5.74, 6) is -2.73. The van der Waals surface area contributed by atoms with E-state index in [0.29, 0.717) is 0 Å². The molecule has 0 fully saturated rings. The molecule has 0 aromatic heterocycles. The summed E-state index contributed by atoms with van der Waals surface area (Å²) in [6.07, 6.45) is 1.38. The predicted octanol–water partition coefficient (Wildman–Crippen LogP) is 1.43. The number of esters is 1. The molecule has 10 nitrogen and oxygen atoms in total. The minimum absolute atomic E-state index is 0.0367. The topological polar surface area (TPSA) is 136 Å². The summed E-state index contributed by atoms with van der Waals surface area (Å²) in [5, 5.41) is 13.7. The van der Waals surface area contributed by atoms with Gasteiger partial charge in [-0.05, 0) is 19.4 Å². The zero-order chi connectivity index (χ0) is 20.8. The van der Waals surface area contributed by atoms with Crippen LogP contribution in [0, 0.1) is 10.1 Å². The van der Waals surface area contributed by atoms with E-state index >= 15 is 0 Å². The van der Waals surface area contributed by atoms with Crippen molar-refractivity contribution in [3.8, 4) is 0 Å². The zero-order valence-corrected chi connectivity index (χ0v) is 15.6. The average molecular weight is 391 g/mol. The molecule has 0 saturated carbocycles. The van der Waals surface area contributed by atoms with E-state index < -0.39 is 40.9 Å². The Morgan fingerprint density at radius 2 is 2.00 bits per heavy atom. The van der Waals surface area contributed by atoms with Crippen LogP contribution in [0.4, 0.5) is 5.69 Å². The van der Waals surface area contributed by atoms with E-state index in [0.717, 1.165) is 23.8 Å². The number of hydrogen-bond donors (Lipinski definition) is 1. The number of benzene rings is 1. The van der Waals surface area contributed by atoms with Gasteiger partial charge in [-0.3, -0.25) is 34.2 Å². The van der Waals surface area contributed by atoms with Crippen molar-refractivity contribution in [3.63, 3.8) is 0 Å². The van der Waals surface area contributed by atoms with E-state index in [-0.39, 0.29) is 30.1 Å². The number of imide groups is 1. The normalized spacial score (nSPS) is 13.9. The fourth-order valence-corrected chi connectivity index (χ4v) is 2.91. The molecular formula is C18H21N3O7. The van der Waals surface area contributed by atoms with Gasteiger partial charge >= 0.3 is 5.97 Å². The molecule has 1 heterocycles. The number of hydrogen-bond acceptors (Lipinski definition) is 7. The van der Waals surface area contributed by atoms with Crippen LogP contribution < -0.4 is 5.32 Å². The Morgan fingerprint density at radius 3 is 2.64 bits per heavy atom. The highest BCUT2D eigenvalue weighted by Gasteiger charge is 2.40. The number of nitro groups is 1. The lowest BCUT2D eigenvalue weighted by Crippen LogP contribution is -2.36. The SMILES string of the molecule is CCC[C@@H](C)NC(=O)COC(=O)CCN1C(=O)c2cccc([N+](=O)[O-])c2C1=O. The molecule has 0 radical (unpaired) electrons. The van der Waals surface area contributed by atoms with Crippen LogP contribution in [0.2, 0.25) is 0 Å². The first kappa shape index (κ1) is 21.0. The number of nitro benzene ring substituents is 1. The van der Waals surface area contributed by atoms with E-state index in [1.165, 1.54) is 12.1 Å². The van der Waals surface area contributed by atoms with Crippen LogP contribution in [0.15, 0.2) is 18.2 Å². The minimum Gasteiger partial charge on any atom is -0.456 e. The van der Waals surface area contributed by atoms with E-state index in [9.17, 15) is 29.3 Å². The first-order valence-corrected chi connectivity index (χ1v) is 8.84. The Labute approximate surface area is 161 Å². The Kier molecular flexibility index (Phi) is 6.80. The molecule has 1 aliphatic heterocycles. The molecule has 2 rings (SSSR count). The Balaban J connectivity index is 1.90. The monoisotopic (exact) mass is 391 g/mol.